The van der Waals surface area contributed by atoms with Crippen LogP contribution in [0, 0.1) is 5.41 Å². The Morgan fingerprint density at radius 3 is 2.65 bits per heavy atom. The molecule has 2 rings (SSSR count). The van der Waals surface area contributed by atoms with Gasteiger partial charge in [-0.05, 0) is 17.5 Å². The summed E-state index contributed by atoms with van der Waals surface area (Å²) in [6.07, 6.45) is 1.68. The number of aromatic nitrogens is 3. The summed E-state index contributed by atoms with van der Waals surface area (Å²) in [5, 5.41) is 19.5. The molecule has 0 aliphatic rings. The number of hydrogen-bond acceptors (Lipinski definition) is 4. The second-order valence-electron chi connectivity index (χ2n) is 6.31. The number of hydrogen-bond donors (Lipinski definition) is 2. The van der Waals surface area contributed by atoms with E-state index >= 15 is 0 Å². The van der Waals surface area contributed by atoms with E-state index < -0.39 is 11.4 Å². The first-order valence-corrected chi connectivity index (χ1v) is 7.23. The average Bonchev–Trinajstić information content (AvgIpc) is 2.82. The summed E-state index contributed by atoms with van der Waals surface area (Å²) >= 11 is 0. The fourth-order valence-electron chi connectivity index (χ4n) is 2.39. The molecular weight excluding hydrogens is 296 g/mol. The smallest absolute Gasteiger partial charge is 0.303 e. The van der Waals surface area contributed by atoms with Crippen LogP contribution in [0.15, 0.2) is 30.6 Å². The fourth-order valence-corrected chi connectivity index (χ4v) is 2.39. The molecule has 7 heteroatoms. The molecule has 0 bridgehead atoms. The van der Waals surface area contributed by atoms with E-state index in [1.807, 2.05) is 25.2 Å². The zero-order valence-corrected chi connectivity index (χ0v) is 13.4. The van der Waals surface area contributed by atoms with Crippen LogP contribution in [-0.2, 0) is 16.6 Å². The molecular formula is C16H20N4O3. The minimum atomic E-state index is -0.910. The van der Waals surface area contributed by atoms with Gasteiger partial charge in [0, 0.05) is 24.7 Å². The largest absolute Gasteiger partial charge is 0.481 e. The molecule has 0 aliphatic carbocycles. The fraction of sp³-hybridized carbons (Fsp3) is 0.375. The van der Waals surface area contributed by atoms with Gasteiger partial charge in [-0.25, -0.2) is 0 Å². The van der Waals surface area contributed by atoms with Gasteiger partial charge in [0.05, 0.1) is 6.42 Å². The van der Waals surface area contributed by atoms with Crippen molar-refractivity contribution in [3.05, 3.63) is 30.6 Å². The normalized spacial score (nSPS) is 11.3. The number of carboxylic acids is 1. The highest BCUT2D eigenvalue weighted by Gasteiger charge is 2.25. The van der Waals surface area contributed by atoms with Crippen LogP contribution in [-0.4, -0.2) is 31.7 Å². The number of carboxylic acid groups (broad SMARTS) is 1. The minimum Gasteiger partial charge on any atom is -0.481 e. The van der Waals surface area contributed by atoms with Crippen molar-refractivity contribution < 1.29 is 14.7 Å². The summed E-state index contributed by atoms with van der Waals surface area (Å²) in [6, 6.07) is 7.30. The maximum atomic E-state index is 12.1. The molecule has 0 unspecified atom stereocenters. The Hall–Kier alpha value is -2.70. The van der Waals surface area contributed by atoms with Gasteiger partial charge in [0.2, 0.25) is 5.91 Å². The molecule has 0 aliphatic heterocycles. The highest BCUT2D eigenvalue weighted by atomic mass is 16.4. The Morgan fingerprint density at radius 1 is 1.30 bits per heavy atom. The number of nitrogens with one attached hydrogen (secondary N) is 1. The predicted octanol–water partition coefficient (Wildman–Crippen LogP) is 2.31. The molecule has 0 saturated carbocycles. The maximum absolute atomic E-state index is 12.1. The highest BCUT2D eigenvalue weighted by Crippen LogP contribution is 2.26. The number of carbonyl (C=O) groups excluding carboxylic acids is 1. The first-order valence-electron chi connectivity index (χ1n) is 7.23. The minimum absolute atomic E-state index is 0.0562. The molecule has 1 aromatic carbocycles. The Balaban J connectivity index is 2.07. The van der Waals surface area contributed by atoms with Crippen LogP contribution in [0.2, 0.25) is 0 Å². The van der Waals surface area contributed by atoms with Gasteiger partial charge in [-0.1, -0.05) is 26.0 Å². The topological polar surface area (TPSA) is 97.1 Å². The number of rotatable bonds is 6. The molecule has 23 heavy (non-hydrogen) atoms. The first kappa shape index (κ1) is 16.7. The van der Waals surface area contributed by atoms with Gasteiger partial charge < -0.3 is 15.0 Å². The summed E-state index contributed by atoms with van der Waals surface area (Å²) in [5.74, 6) is -0.425. The lowest BCUT2D eigenvalue weighted by atomic mass is 9.85. The van der Waals surface area contributed by atoms with Crippen molar-refractivity contribution >= 4 is 17.6 Å². The van der Waals surface area contributed by atoms with Crippen molar-refractivity contribution in [2.24, 2.45) is 12.5 Å². The van der Waals surface area contributed by atoms with Crippen molar-refractivity contribution in [2.75, 3.05) is 5.32 Å². The van der Waals surface area contributed by atoms with Crippen LogP contribution in [0.1, 0.15) is 26.7 Å². The van der Waals surface area contributed by atoms with Crippen LogP contribution >= 0.6 is 0 Å². The maximum Gasteiger partial charge on any atom is 0.303 e. The number of aryl methyl sites for hydroxylation is 1. The monoisotopic (exact) mass is 316 g/mol. The predicted molar refractivity (Wildman–Crippen MR) is 85.7 cm³/mol. The summed E-state index contributed by atoms with van der Waals surface area (Å²) in [6.45, 7) is 3.52. The number of carbonyl (C=O) groups is 2. The van der Waals surface area contributed by atoms with E-state index in [4.69, 9.17) is 5.11 Å². The number of benzene rings is 1. The lowest BCUT2D eigenvalue weighted by Gasteiger charge is -2.21. The third-order valence-electron chi connectivity index (χ3n) is 3.38. The molecule has 0 atom stereocenters. The SMILES string of the molecule is Cn1cnnc1-c1cccc(NC(=O)CC(C)(C)CC(=O)O)c1. The molecule has 0 spiro atoms. The Morgan fingerprint density at radius 2 is 2.04 bits per heavy atom. The lowest BCUT2D eigenvalue weighted by molar-refractivity contribution is -0.139. The number of nitrogens with zero attached hydrogens (tertiary/aromatic N) is 3. The summed E-state index contributed by atoms with van der Waals surface area (Å²) in [5.41, 5.74) is 0.881. The highest BCUT2D eigenvalue weighted by molar-refractivity contribution is 5.92. The first-order chi connectivity index (χ1) is 10.8. The van der Waals surface area contributed by atoms with Gasteiger partial charge in [0.1, 0.15) is 6.33 Å². The molecule has 122 valence electrons. The molecule has 2 aromatic rings. The van der Waals surface area contributed by atoms with Gasteiger partial charge in [-0.15, -0.1) is 10.2 Å². The summed E-state index contributed by atoms with van der Waals surface area (Å²) in [7, 11) is 1.84. The van der Waals surface area contributed by atoms with E-state index in [2.05, 4.69) is 15.5 Å². The molecule has 0 saturated heterocycles. The Kier molecular flexibility index (Phi) is 4.78. The molecule has 0 fully saturated rings. The van der Waals surface area contributed by atoms with Gasteiger partial charge in [0.25, 0.3) is 0 Å². The Bertz CT molecular complexity index is 722. The van der Waals surface area contributed by atoms with Gasteiger partial charge in [0.15, 0.2) is 5.82 Å². The number of amides is 1. The second kappa shape index (κ2) is 6.60. The summed E-state index contributed by atoms with van der Waals surface area (Å²) < 4.78 is 1.79. The van der Waals surface area contributed by atoms with Crippen LogP contribution in [0.25, 0.3) is 11.4 Å². The van der Waals surface area contributed by atoms with Crippen molar-refractivity contribution in [1.82, 2.24) is 14.8 Å². The van der Waals surface area contributed by atoms with Gasteiger partial charge >= 0.3 is 5.97 Å². The zero-order valence-electron chi connectivity index (χ0n) is 13.4. The van der Waals surface area contributed by atoms with Crippen LogP contribution in [0.3, 0.4) is 0 Å². The lowest BCUT2D eigenvalue weighted by Crippen LogP contribution is -2.24. The van der Waals surface area contributed by atoms with E-state index in [9.17, 15) is 9.59 Å². The van der Waals surface area contributed by atoms with E-state index in [0.717, 1.165) is 5.56 Å². The van der Waals surface area contributed by atoms with Crippen molar-refractivity contribution in [1.29, 1.82) is 0 Å². The zero-order chi connectivity index (χ0) is 17.0. The quantitative estimate of drug-likeness (QED) is 0.852. The number of aliphatic carboxylic acids is 1. The van der Waals surface area contributed by atoms with Crippen molar-refractivity contribution in [2.45, 2.75) is 26.7 Å². The molecule has 0 radical (unpaired) electrons. The van der Waals surface area contributed by atoms with Crippen molar-refractivity contribution in [3.63, 3.8) is 0 Å². The molecule has 7 nitrogen and oxygen atoms in total. The van der Waals surface area contributed by atoms with Crippen LogP contribution < -0.4 is 5.32 Å². The third kappa shape index (κ3) is 4.64. The Labute approximate surface area is 134 Å². The number of anilines is 1. The average molecular weight is 316 g/mol. The van der Waals surface area contributed by atoms with Gasteiger partial charge in [-0.3, -0.25) is 9.59 Å². The van der Waals surface area contributed by atoms with Gasteiger partial charge in [-0.2, -0.15) is 0 Å². The molecule has 1 amide bonds. The van der Waals surface area contributed by atoms with E-state index in [1.165, 1.54) is 0 Å². The standard InChI is InChI=1S/C16H20N4O3/c1-16(2,9-14(22)23)8-13(21)18-12-6-4-5-11(7-12)15-19-17-10-20(15)3/h4-7,10H,8-9H2,1-3H3,(H,18,21)(H,22,23). The second-order valence-corrected chi connectivity index (χ2v) is 6.31. The third-order valence-corrected chi connectivity index (χ3v) is 3.38. The molecule has 1 aromatic heterocycles. The molecule has 2 N–H and O–H groups in total. The van der Waals surface area contributed by atoms with E-state index in [-0.39, 0.29) is 18.7 Å². The van der Waals surface area contributed by atoms with Crippen molar-refractivity contribution in [3.8, 4) is 11.4 Å². The van der Waals surface area contributed by atoms with E-state index in [1.54, 1.807) is 30.8 Å². The van der Waals surface area contributed by atoms with E-state index in [0.29, 0.717) is 11.5 Å². The van der Waals surface area contributed by atoms with Crippen LogP contribution in [0.5, 0.6) is 0 Å². The summed E-state index contributed by atoms with van der Waals surface area (Å²) in [4.78, 5) is 23.0. The van der Waals surface area contributed by atoms with Crippen LogP contribution in [0.4, 0.5) is 5.69 Å². The molecule has 1 heterocycles.